The summed E-state index contributed by atoms with van der Waals surface area (Å²) in [4.78, 5) is 10.6. The van der Waals surface area contributed by atoms with Crippen LogP contribution in [0.2, 0.25) is 0 Å². The maximum atomic E-state index is 5.25. The van der Waals surface area contributed by atoms with Crippen molar-refractivity contribution in [3.05, 3.63) is 52.4 Å². The van der Waals surface area contributed by atoms with E-state index in [1.54, 1.807) is 12.4 Å². The minimum absolute atomic E-state index is 0.568. The molecule has 3 N–H and O–H groups in total. The second-order valence-electron chi connectivity index (χ2n) is 4.34. The lowest BCUT2D eigenvalue weighted by Gasteiger charge is -2.16. The van der Waals surface area contributed by atoms with Gasteiger partial charge in [-0.05, 0) is 24.7 Å². The zero-order chi connectivity index (χ0) is 13.7. The van der Waals surface area contributed by atoms with Crippen molar-refractivity contribution in [2.24, 2.45) is 5.84 Å². The van der Waals surface area contributed by atoms with E-state index in [2.05, 4.69) is 55.4 Å². The number of nitrogens with one attached hydrogen (secondary N) is 1. The first-order chi connectivity index (χ1) is 9.17. The lowest BCUT2D eigenvalue weighted by molar-refractivity contribution is 0.314. The fourth-order valence-corrected chi connectivity index (χ4v) is 2.24. The molecule has 0 saturated heterocycles. The molecular formula is C13H16BrN5. The van der Waals surface area contributed by atoms with E-state index in [1.807, 2.05) is 12.1 Å². The van der Waals surface area contributed by atoms with Gasteiger partial charge in [0.05, 0.1) is 18.1 Å². The van der Waals surface area contributed by atoms with Crippen LogP contribution < -0.4 is 11.3 Å². The molecule has 0 spiro atoms. The third-order valence-electron chi connectivity index (χ3n) is 2.63. The van der Waals surface area contributed by atoms with Gasteiger partial charge in [-0.1, -0.05) is 28.1 Å². The standard InChI is InChI=1S/C13H16BrN5/c1-19(8-10-3-2-4-11(14)5-10)9-12-6-17-13(18-15)7-16-12/h2-7H,8-9,15H2,1H3,(H,17,18). The first-order valence-corrected chi connectivity index (χ1v) is 6.67. The summed E-state index contributed by atoms with van der Waals surface area (Å²) in [6.07, 6.45) is 3.36. The molecule has 0 saturated carbocycles. The van der Waals surface area contributed by atoms with Crippen LogP contribution in [0.4, 0.5) is 5.82 Å². The topological polar surface area (TPSA) is 67.1 Å². The number of halogens is 1. The van der Waals surface area contributed by atoms with Crippen LogP contribution in [0.25, 0.3) is 0 Å². The van der Waals surface area contributed by atoms with Crippen molar-refractivity contribution >= 4 is 21.7 Å². The zero-order valence-corrected chi connectivity index (χ0v) is 12.3. The number of hydrogen-bond acceptors (Lipinski definition) is 5. The largest absolute Gasteiger partial charge is 0.307 e. The number of hydrazine groups is 1. The number of nitrogen functional groups attached to an aromatic ring is 1. The Morgan fingerprint density at radius 1 is 1.26 bits per heavy atom. The molecule has 0 unspecified atom stereocenters. The van der Waals surface area contributed by atoms with Crippen LogP contribution in [0.1, 0.15) is 11.3 Å². The number of anilines is 1. The number of benzene rings is 1. The molecular weight excluding hydrogens is 306 g/mol. The molecule has 0 aliphatic heterocycles. The van der Waals surface area contributed by atoms with E-state index < -0.39 is 0 Å². The molecule has 0 amide bonds. The molecule has 0 fully saturated rings. The summed E-state index contributed by atoms with van der Waals surface area (Å²) in [5.41, 5.74) is 4.63. The quantitative estimate of drug-likeness (QED) is 0.652. The maximum Gasteiger partial charge on any atom is 0.158 e. The van der Waals surface area contributed by atoms with Gasteiger partial charge in [0.1, 0.15) is 0 Å². The Morgan fingerprint density at radius 2 is 2.11 bits per heavy atom. The Morgan fingerprint density at radius 3 is 2.74 bits per heavy atom. The fourth-order valence-electron chi connectivity index (χ4n) is 1.79. The third kappa shape index (κ3) is 4.27. The molecule has 19 heavy (non-hydrogen) atoms. The predicted octanol–water partition coefficient (Wildman–Crippen LogP) is 2.16. The van der Waals surface area contributed by atoms with Crippen molar-refractivity contribution in [2.75, 3.05) is 12.5 Å². The van der Waals surface area contributed by atoms with E-state index in [4.69, 9.17) is 5.84 Å². The average Bonchev–Trinajstić information content (AvgIpc) is 2.39. The molecule has 0 atom stereocenters. The number of nitrogens with two attached hydrogens (primary N) is 1. The summed E-state index contributed by atoms with van der Waals surface area (Å²) in [7, 11) is 2.05. The molecule has 6 heteroatoms. The van der Waals surface area contributed by atoms with Crippen LogP contribution in [0.5, 0.6) is 0 Å². The van der Waals surface area contributed by atoms with Crippen LogP contribution in [-0.2, 0) is 13.1 Å². The van der Waals surface area contributed by atoms with Crippen LogP contribution >= 0.6 is 15.9 Å². The lowest BCUT2D eigenvalue weighted by Crippen LogP contribution is -2.18. The molecule has 2 rings (SSSR count). The van der Waals surface area contributed by atoms with Gasteiger partial charge in [-0.25, -0.2) is 10.8 Å². The number of hydrogen-bond donors (Lipinski definition) is 2. The first-order valence-electron chi connectivity index (χ1n) is 5.88. The molecule has 0 aliphatic rings. The van der Waals surface area contributed by atoms with Gasteiger partial charge in [0.2, 0.25) is 0 Å². The summed E-state index contributed by atoms with van der Waals surface area (Å²) in [6, 6.07) is 8.28. The molecule has 2 aromatic rings. The van der Waals surface area contributed by atoms with E-state index in [9.17, 15) is 0 Å². The van der Waals surface area contributed by atoms with E-state index in [-0.39, 0.29) is 0 Å². The van der Waals surface area contributed by atoms with Gasteiger partial charge in [-0.15, -0.1) is 0 Å². The van der Waals surface area contributed by atoms with E-state index >= 15 is 0 Å². The highest BCUT2D eigenvalue weighted by atomic mass is 79.9. The van der Waals surface area contributed by atoms with Crippen molar-refractivity contribution in [3.8, 4) is 0 Å². The molecule has 1 aromatic heterocycles. The molecule has 0 radical (unpaired) electrons. The van der Waals surface area contributed by atoms with Crippen molar-refractivity contribution in [2.45, 2.75) is 13.1 Å². The van der Waals surface area contributed by atoms with Gasteiger partial charge in [-0.2, -0.15) is 0 Å². The third-order valence-corrected chi connectivity index (χ3v) is 3.12. The van der Waals surface area contributed by atoms with Crippen molar-refractivity contribution in [3.63, 3.8) is 0 Å². The highest BCUT2D eigenvalue weighted by Gasteiger charge is 2.04. The van der Waals surface area contributed by atoms with Gasteiger partial charge < -0.3 is 5.43 Å². The first kappa shape index (κ1) is 13.9. The van der Waals surface area contributed by atoms with Crippen molar-refractivity contribution in [1.29, 1.82) is 0 Å². The molecule has 0 aliphatic carbocycles. The highest BCUT2D eigenvalue weighted by Crippen LogP contribution is 2.13. The van der Waals surface area contributed by atoms with Crippen LogP contribution in [0, 0.1) is 0 Å². The summed E-state index contributed by atoms with van der Waals surface area (Å²) in [5.74, 6) is 5.82. The minimum Gasteiger partial charge on any atom is -0.307 e. The second kappa shape index (κ2) is 6.60. The minimum atomic E-state index is 0.568. The maximum absolute atomic E-state index is 5.25. The van der Waals surface area contributed by atoms with Crippen molar-refractivity contribution < 1.29 is 0 Å². The summed E-state index contributed by atoms with van der Waals surface area (Å²) in [5, 5.41) is 0. The van der Waals surface area contributed by atoms with E-state index in [1.165, 1.54) is 5.56 Å². The van der Waals surface area contributed by atoms with Gasteiger partial charge in [0.15, 0.2) is 5.82 Å². The average molecular weight is 322 g/mol. The summed E-state index contributed by atoms with van der Waals surface area (Å²) < 4.78 is 1.09. The Bertz CT molecular complexity index is 529. The second-order valence-corrected chi connectivity index (χ2v) is 5.26. The summed E-state index contributed by atoms with van der Waals surface area (Å²) in [6.45, 7) is 1.60. The van der Waals surface area contributed by atoms with Gasteiger partial charge >= 0.3 is 0 Å². The zero-order valence-electron chi connectivity index (χ0n) is 10.7. The molecule has 1 aromatic carbocycles. The lowest BCUT2D eigenvalue weighted by atomic mass is 10.2. The van der Waals surface area contributed by atoms with Gasteiger partial charge in [-0.3, -0.25) is 9.88 Å². The fraction of sp³-hybridized carbons (Fsp3) is 0.231. The predicted molar refractivity (Wildman–Crippen MR) is 79.2 cm³/mol. The molecule has 0 bridgehead atoms. The molecule has 5 nitrogen and oxygen atoms in total. The van der Waals surface area contributed by atoms with Crippen molar-refractivity contribution in [1.82, 2.24) is 14.9 Å². The Balaban J connectivity index is 1.95. The smallest absolute Gasteiger partial charge is 0.158 e. The monoisotopic (exact) mass is 321 g/mol. The number of aromatic nitrogens is 2. The summed E-state index contributed by atoms with van der Waals surface area (Å²) >= 11 is 3.48. The van der Waals surface area contributed by atoms with E-state index in [0.29, 0.717) is 5.82 Å². The van der Waals surface area contributed by atoms with Gasteiger partial charge in [0.25, 0.3) is 0 Å². The SMILES string of the molecule is CN(Cc1cccc(Br)c1)Cc1cnc(NN)cn1. The molecule has 100 valence electrons. The molecule has 1 heterocycles. The number of nitrogens with zero attached hydrogens (tertiary/aromatic N) is 3. The van der Waals surface area contributed by atoms with Crippen LogP contribution in [-0.4, -0.2) is 21.9 Å². The Kier molecular flexibility index (Phi) is 4.84. The Hall–Kier alpha value is -1.50. The number of rotatable bonds is 5. The Labute approximate surface area is 121 Å². The van der Waals surface area contributed by atoms with Gasteiger partial charge in [0, 0.05) is 17.6 Å². The van der Waals surface area contributed by atoms with Crippen LogP contribution in [0.15, 0.2) is 41.1 Å². The normalized spacial score (nSPS) is 10.7. The van der Waals surface area contributed by atoms with E-state index in [0.717, 1.165) is 23.3 Å². The van der Waals surface area contributed by atoms with Crippen LogP contribution in [0.3, 0.4) is 0 Å². The highest BCUT2D eigenvalue weighted by molar-refractivity contribution is 9.10.